The normalized spacial score (nSPS) is 12.1. The van der Waals surface area contributed by atoms with E-state index in [-0.39, 0.29) is 24.6 Å². The molecule has 1 aliphatic rings. The van der Waals surface area contributed by atoms with Gasteiger partial charge in [0.1, 0.15) is 18.2 Å². The molecule has 1 aromatic heterocycles. The Hall–Kier alpha value is -3.29. The monoisotopic (exact) mass is 373 g/mol. The van der Waals surface area contributed by atoms with Crippen molar-refractivity contribution in [3.63, 3.8) is 0 Å². The summed E-state index contributed by atoms with van der Waals surface area (Å²) < 4.78 is 47.7. The van der Waals surface area contributed by atoms with E-state index in [4.69, 9.17) is 4.74 Å². The minimum absolute atomic E-state index is 0.00582. The Morgan fingerprint density at radius 2 is 1.93 bits per heavy atom. The van der Waals surface area contributed by atoms with Crippen LogP contribution in [0.25, 0.3) is 11.3 Å². The number of hydrogen-bond donors (Lipinski definition) is 1. The number of carbonyl (C=O) groups is 1. The number of aromatic nitrogens is 2. The number of fused-ring (bicyclic) bond motifs is 3. The van der Waals surface area contributed by atoms with Crippen molar-refractivity contribution in [1.29, 1.82) is 0 Å². The van der Waals surface area contributed by atoms with Crippen molar-refractivity contribution in [3.05, 3.63) is 70.7 Å². The van der Waals surface area contributed by atoms with E-state index in [1.54, 1.807) is 25.2 Å². The van der Waals surface area contributed by atoms with Gasteiger partial charge in [0.15, 0.2) is 17.3 Å². The first-order valence-corrected chi connectivity index (χ1v) is 8.15. The number of hydrogen-bond acceptors (Lipinski definition) is 3. The Bertz CT molecular complexity index is 1060. The molecule has 5 nitrogen and oxygen atoms in total. The summed E-state index contributed by atoms with van der Waals surface area (Å²) >= 11 is 0. The molecular weight excluding hydrogens is 359 g/mol. The van der Waals surface area contributed by atoms with Crippen molar-refractivity contribution in [1.82, 2.24) is 15.1 Å². The van der Waals surface area contributed by atoms with E-state index in [9.17, 15) is 18.0 Å². The summed E-state index contributed by atoms with van der Waals surface area (Å²) in [5, 5.41) is 6.81. The fourth-order valence-corrected chi connectivity index (χ4v) is 3.11. The van der Waals surface area contributed by atoms with Crippen LogP contribution in [-0.4, -0.2) is 15.7 Å². The molecule has 0 saturated carbocycles. The maximum atomic E-state index is 13.7. The molecule has 27 heavy (non-hydrogen) atoms. The lowest BCUT2D eigenvalue weighted by Crippen LogP contribution is -2.25. The van der Waals surface area contributed by atoms with E-state index in [1.807, 2.05) is 0 Å². The molecule has 3 aromatic rings. The van der Waals surface area contributed by atoms with E-state index in [1.165, 1.54) is 10.7 Å². The summed E-state index contributed by atoms with van der Waals surface area (Å²) in [4.78, 5) is 12.5. The first kappa shape index (κ1) is 17.1. The van der Waals surface area contributed by atoms with Crippen LogP contribution in [0.4, 0.5) is 13.2 Å². The van der Waals surface area contributed by atoms with Crippen molar-refractivity contribution in [2.75, 3.05) is 0 Å². The lowest BCUT2D eigenvalue weighted by atomic mass is 10.0. The second kappa shape index (κ2) is 6.46. The van der Waals surface area contributed by atoms with Crippen LogP contribution in [0.15, 0.2) is 36.4 Å². The second-order valence-corrected chi connectivity index (χ2v) is 6.12. The summed E-state index contributed by atoms with van der Waals surface area (Å²) in [6, 6.07) is 8.10. The molecule has 8 heteroatoms. The molecule has 0 atom stereocenters. The van der Waals surface area contributed by atoms with Crippen LogP contribution < -0.4 is 10.1 Å². The molecule has 0 radical (unpaired) electrons. The molecule has 2 aromatic carbocycles. The van der Waals surface area contributed by atoms with E-state index < -0.39 is 23.4 Å². The number of ether oxygens (including phenoxy) is 1. The Labute approximate surface area is 152 Å². The van der Waals surface area contributed by atoms with Crippen molar-refractivity contribution < 1.29 is 22.7 Å². The smallest absolute Gasteiger partial charge is 0.272 e. The highest BCUT2D eigenvalue weighted by atomic mass is 19.2. The van der Waals surface area contributed by atoms with E-state index in [2.05, 4.69) is 10.4 Å². The topological polar surface area (TPSA) is 56.2 Å². The summed E-state index contributed by atoms with van der Waals surface area (Å²) in [7, 11) is 1.60. The number of halogens is 3. The van der Waals surface area contributed by atoms with E-state index in [0.29, 0.717) is 22.4 Å². The quantitative estimate of drug-likeness (QED) is 0.766. The number of aryl methyl sites for hydroxylation is 1. The molecule has 0 spiro atoms. The molecule has 1 N–H and O–H groups in total. The molecule has 4 rings (SSSR count). The molecule has 2 heterocycles. The van der Waals surface area contributed by atoms with Gasteiger partial charge in [0, 0.05) is 36.3 Å². The zero-order chi connectivity index (χ0) is 19.1. The highest BCUT2D eigenvalue weighted by Crippen LogP contribution is 2.39. The number of rotatable bonds is 3. The fourth-order valence-electron chi connectivity index (χ4n) is 3.11. The highest BCUT2D eigenvalue weighted by molar-refractivity contribution is 5.96. The van der Waals surface area contributed by atoms with E-state index >= 15 is 0 Å². The van der Waals surface area contributed by atoms with Crippen LogP contribution in [0.3, 0.4) is 0 Å². The Kier molecular flexibility index (Phi) is 4.10. The predicted octanol–water partition coefficient (Wildman–Crippen LogP) is 3.33. The zero-order valence-corrected chi connectivity index (χ0v) is 14.2. The standard InChI is InChI=1S/C19H14F3N3O2/c1-25-18-11-6-14(21)15(22)7-16(11)27-9-12(18)17(24-25)19(26)23-8-10-4-2-3-5-13(10)20/h2-7H,8-9H2,1H3,(H,23,26). The van der Waals surface area contributed by atoms with E-state index in [0.717, 1.165) is 12.1 Å². The average Bonchev–Trinajstić information content (AvgIpc) is 2.99. The first-order valence-electron chi connectivity index (χ1n) is 8.15. The Morgan fingerprint density at radius 3 is 2.70 bits per heavy atom. The highest BCUT2D eigenvalue weighted by Gasteiger charge is 2.29. The van der Waals surface area contributed by atoms with Gasteiger partial charge in [0.25, 0.3) is 5.91 Å². The average molecular weight is 373 g/mol. The third kappa shape index (κ3) is 2.92. The number of nitrogens with zero attached hydrogens (tertiary/aromatic N) is 2. The van der Waals surface area contributed by atoms with Crippen molar-refractivity contribution >= 4 is 5.91 Å². The van der Waals surface area contributed by atoms with Gasteiger partial charge in [-0.25, -0.2) is 13.2 Å². The summed E-state index contributed by atoms with van der Waals surface area (Å²) in [6.07, 6.45) is 0. The molecular formula is C19H14F3N3O2. The molecule has 1 amide bonds. The molecule has 0 unspecified atom stereocenters. The predicted molar refractivity (Wildman–Crippen MR) is 90.5 cm³/mol. The molecule has 0 fully saturated rings. The van der Waals surface area contributed by atoms with Gasteiger partial charge in [-0.2, -0.15) is 5.10 Å². The maximum absolute atomic E-state index is 13.7. The molecule has 0 saturated heterocycles. The minimum atomic E-state index is -1.02. The largest absolute Gasteiger partial charge is 0.488 e. The van der Waals surface area contributed by atoms with Gasteiger partial charge in [-0.3, -0.25) is 9.48 Å². The maximum Gasteiger partial charge on any atom is 0.272 e. The second-order valence-electron chi connectivity index (χ2n) is 6.12. The van der Waals surface area contributed by atoms with Crippen LogP contribution in [-0.2, 0) is 20.2 Å². The Balaban J connectivity index is 1.65. The van der Waals surface area contributed by atoms with Crippen LogP contribution in [0, 0.1) is 17.5 Å². The van der Waals surface area contributed by atoms with Crippen LogP contribution in [0.5, 0.6) is 5.75 Å². The van der Waals surface area contributed by atoms with Crippen molar-refractivity contribution in [3.8, 4) is 17.0 Å². The summed E-state index contributed by atoms with van der Waals surface area (Å²) in [6.45, 7) is -0.0160. The van der Waals surface area contributed by atoms with Crippen molar-refractivity contribution in [2.24, 2.45) is 7.05 Å². The van der Waals surface area contributed by atoms with Crippen LogP contribution in [0.1, 0.15) is 21.6 Å². The van der Waals surface area contributed by atoms with Gasteiger partial charge < -0.3 is 10.1 Å². The van der Waals surface area contributed by atoms with Crippen LogP contribution >= 0.6 is 0 Å². The van der Waals surface area contributed by atoms with Gasteiger partial charge in [0.2, 0.25) is 0 Å². The summed E-state index contributed by atoms with van der Waals surface area (Å²) in [5.41, 5.74) is 1.69. The summed E-state index contributed by atoms with van der Waals surface area (Å²) in [5.74, 6) is -2.78. The number of amides is 1. The third-order valence-electron chi connectivity index (χ3n) is 4.41. The molecule has 1 aliphatic heterocycles. The lowest BCUT2D eigenvalue weighted by molar-refractivity contribution is 0.0942. The number of benzene rings is 2. The number of carbonyl (C=O) groups excluding carboxylic acids is 1. The first-order chi connectivity index (χ1) is 13.0. The van der Waals surface area contributed by atoms with Crippen LogP contribution in [0.2, 0.25) is 0 Å². The van der Waals surface area contributed by atoms with Gasteiger partial charge in [-0.1, -0.05) is 18.2 Å². The van der Waals surface area contributed by atoms with Gasteiger partial charge >= 0.3 is 0 Å². The van der Waals surface area contributed by atoms with Gasteiger partial charge in [-0.15, -0.1) is 0 Å². The SMILES string of the molecule is Cn1nc(C(=O)NCc2ccccc2F)c2c1-c1cc(F)c(F)cc1OC2. The zero-order valence-electron chi connectivity index (χ0n) is 14.2. The third-order valence-corrected chi connectivity index (χ3v) is 4.41. The van der Waals surface area contributed by atoms with Gasteiger partial charge in [0.05, 0.1) is 5.69 Å². The fraction of sp³-hybridized carbons (Fsp3) is 0.158. The lowest BCUT2D eigenvalue weighted by Gasteiger charge is -2.19. The number of nitrogens with one attached hydrogen (secondary N) is 1. The molecule has 0 bridgehead atoms. The van der Waals surface area contributed by atoms with Gasteiger partial charge in [-0.05, 0) is 12.1 Å². The van der Waals surface area contributed by atoms with Crippen molar-refractivity contribution in [2.45, 2.75) is 13.2 Å². The molecule has 138 valence electrons. The minimum Gasteiger partial charge on any atom is -0.488 e. The molecule has 0 aliphatic carbocycles. The Morgan fingerprint density at radius 1 is 1.19 bits per heavy atom.